The molecule has 7 nitrogen and oxygen atoms in total. The average Bonchev–Trinajstić information content (AvgIpc) is 2.61. The smallest absolute Gasteiger partial charge is 0.335 e. The summed E-state index contributed by atoms with van der Waals surface area (Å²) >= 11 is 0. The molecule has 2 bridgehead atoms. The van der Waals surface area contributed by atoms with Crippen molar-refractivity contribution in [3.8, 4) is 11.5 Å². The third-order valence-corrected chi connectivity index (χ3v) is 5.57. The maximum atomic E-state index is 13.0. The second kappa shape index (κ2) is 6.14. The molecule has 0 aliphatic carbocycles. The standard InChI is InChI=1S/C22H24N2O5/c1-21(2,3)13-9-15-16-11-22(4,29-18(15)17(25)10-13)24(20(28)23-16)14-7-5-6-12(8-14)19(26)27/h5-10,16,25H,11H2,1-4H3,(H,23,28)(H,26,27). The second-order valence-electron chi connectivity index (χ2n) is 8.84. The molecular formula is C22H24N2O5. The van der Waals surface area contributed by atoms with E-state index in [1.165, 1.54) is 17.0 Å². The molecule has 2 heterocycles. The molecule has 2 atom stereocenters. The zero-order valence-electron chi connectivity index (χ0n) is 16.8. The lowest BCUT2D eigenvalue weighted by molar-refractivity contribution is 0.0348. The molecule has 0 spiro atoms. The van der Waals surface area contributed by atoms with Crippen molar-refractivity contribution in [1.29, 1.82) is 0 Å². The molecule has 0 saturated carbocycles. The van der Waals surface area contributed by atoms with Gasteiger partial charge in [-0.05, 0) is 48.2 Å². The van der Waals surface area contributed by atoms with Crippen LogP contribution in [0.1, 0.15) is 61.6 Å². The summed E-state index contributed by atoms with van der Waals surface area (Å²) in [5.74, 6) is -0.704. The molecule has 29 heavy (non-hydrogen) atoms. The number of anilines is 1. The Hall–Kier alpha value is -3.22. The molecule has 2 unspecified atom stereocenters. The van der Waals surface area contributed by atoms with Crippen LogP contribution in [0.3, 0.4) is 0 Å². The number of urea groups is 1. The van der Waals surface area contributed by atoms with Crippen LogP contribution < -0.4 is 15.0 Å². The van der Waals surface area contributed by atoms with E-state index in [2.05, 4.69) is 26.1 Å². The Balaban J connectivity index is 1.80. The van der Waals surface area contributed by atoms with E-state index in [9.17, 15) is 19.8 Å². The number of aromatic hydroxyl groups is 1. The van der Waals surface area contributed by atoms with Gasteiger partial charge in [0.25, 0.3) is 0 Å². The highest BCUT2D eigenvalue weighted by atomic mass is 16.5. The van der Waals surface area contributed by atoms with Crippen LogP contribution in [-0.4, -0.2) is 27.9 Å². The summed E-state index contributed by atoms with van der Waals surface area (Å²) in [6.45, 7) is 7.93. The van der Waals surface area contributed by atoms with Gasteiger partial charge in [0.2, 0.25) is 0 Å². The molecular weight excluding hydrogens is 372 g/mol. The first kappa shape index (κ1) is 19.1. The number of phenols is 1. The number of ether oxygens (including phenoxy) is 1. The molecule has 2 aromatic carbocycles. The monoisotopic (exact) mass is 396 g/mol. The van der Waals surface area contributed by atoms with Gasteiger partial charge in [-0.2, -0.15) is 0 Å². The molecule has 152 valence electrons. The van der Waals surface area contributed by atoms with Crippen LogP contribution in [0.4, 0.5) is 10.5 Å². The van der Waals surface area contributed by atoms with Crippen molar-refractivity contribution in [3.63, 3.8) is 0 Å². The van der Waals surface area contributed by atoms with Gasteiger partial charge in [0.05, 0.1) is 17.3 Å². The topological polar surface area (TPSA) is 99.1 Å². The Kier molecular flexibility index (Phi) is 4.05. The third kappa shape index (κ3) is 3.06. The first-order chi connectivity index (χ1) is 13.5. The largest absolute Gasteiger partial charge is 0.504 e. The van der Waals surface area contributed by atoms with Crippen molar-refractivity contribution in [2.75, 3.05) is 4.90 Å². The van der Waals surface area contributed by atoms with Crippen LogP contribution in [0.5, 0.6) is 11.5 Å². The molecule has 2 aliphatic rings. The SMILES string of the molecule is CC(C)(C)c1cc(O)c2c(c1)C1CC(C)(O2)N(c2cccc(C(=O)O)c2)C(=O)N1. The van der Waals surface area contributed by atoms with Crippen LogP contribution in [-0.2, 0) is 5.41 Å². The Morgan fingerprint density at radius 2 is 2.00 bits per heavy atom. The lowest BCUT2D eigenvalue weighted by Gasteiger charge is -2.50. The first-order valence-corrected chi connectivity index (χ1v) is 9.50. The highest BCUT2D eigenvalue weighted by Gasteiger charge is 2.50. The minimum atomic E-state index is -1.07. The summed E-state index contributed by atoms with van der Waals surface area (Å²) in [7, 11) is 0. The molecule has 2 aromatic rings. The Morgan fingerprint density at radius 3 is 2.66 bits per heavy atom. The van der Waals surface area contributed by atoms with Crippen LogP contribution in [0, 0.1) is 0 Å². The number of aromatic carboxylic acids is 1. The molecule has 2 aliphatic heterocycles. The maximum absolute atomic E-state index is 13.0. The highest BCUT2D eigenvalue weighted by Crippen LogP contribution is 2.50. The van der Waals surface area contributed by atoms with Gasteiger partial charge in [0.15, 0.2) is 17.2 Å². The van der Waals surface area contributed by atoms with Gasteiger partial charge in [0.1, 0.15) is 0 Å². The van der Waals surface area contributed by atoms with E-state index in [-0.39, 0.29) is 28.8 Å². The normalized spacial score (nSPS) is 23.1. The highest BCUT2D eigenvalue weighted by molar-refractivity contribution is 5.97. The number of nitrogens with one attached hydrogen (secondary N) is 1. The zero-order chi connectivity index (χ0) is 21.1. The molecule has 1 saturated heterocycles. The van der Waals surface area contributed by atoms with Crippen molar-refractivity contribution in [1.82, 2.24) is 5.32 Å². The number of benzene rings is 2. The number of carboxylic acids is 1. The van der Waals surface area contributed by atoms with Gasteiger partial charge in [-0.1, -0.05) is 26.8 Å². The van der Waals surface area contributed by atoms with E-state index < -0.39 is 11.7 Å². The van der Waals surface area contributed by atoms with E-state index >= 15 is 0 Å². The summed E-state index contributed by atoms with van der Waals surface area (Å²) in [5.41, 5.74) is 0.951. The second-order valence-corrected chi connectivity index (χ2v) is 8.84. The number of hydrogen-bond donors (Lipinski definition) is 3. The summed E-state index contributed by atoms with van der Waals surface area (Å²) in [6.07, 6.45) is 0.454. The minimum absolute atomic E-state index is 0.0266. The first-order valence-electron chi connectivity index (χ1n) is 9.50. The summed E-state index contributed by atoms with van der Waals surface area (Å²) < 4.78 is 6.19. The van der Waals surface area contributed by atoms with Gasteiger partial charge in [-0.25, -0.2) is 9.59 Å². The lowest BCUT2D eigenvalue weighted by atomic mass is 9.82. The van der Waals surface area contributed by atoms with Gasteiger partial charge in [-0.3, -0.25) is 4.90 Å². The zero-order valence-corrected chi connectivity index (χ0v) is 16.8. The summed E-state index contributed by atoms with van der Waals surface area (Å²) in [6, 6.07) is 9.14. The van der Waals surface area contributed by atoms with Gasteiger partial charge < -0.3 is 20.3 Å². The lowest BCUT2D eigenvalue weighted by Crippen LogP contribution is -2.65. The number of hydrogen-bond acceptors (Lipinski definition) is 4. The molecule has 3 N–H and O–H groups in total. The van der Waals surface area contributed by atoms with E-state index in [1.54, 1.807) is 25.1 Å². The number of phenolic OH excluding ortho intramolecular Hbond substituents is 1. The quantitative estimate of drug-likeness (QED) is 0.708. The van der Waals surface area contributed by atoms with Crippen molar-refractivity contribution < 1.29 is 24.5 Å². The molecule has 7 heteroatoms. The predicted octanol–water partition coefficient (Wildman–Crippen LogP) is 4.16. The van der Waals surface area contributed by atoms with Crippen LogP contribution >= 0.6 is 0 Å². The van der Waals surface area contributed by atoms with Gasteiger partial charge in [-0.15, -0.1) is 0 Å². The number of fused-ring (bicyclic) bond motifs is 4. The summed E-state index contributed by atoms with van der Waals surface area (Å²) in [4.78, 5) is 25.8. The predicted molar refractivity (Wildman–Crippen MR) is 108 cm³/mol. The van der Waals surface area contributed by atoms with E-state index in [0.717, 1.165) is 11.1 Å². The Labute approximate surface area is 168 Å². The fourth-order valence-corrected chi connectivity index (χ4v) is 4.05. The number of carbonyl (C=O) groups is 2. The molecule has 0 aromatic heterocycles. The van der Waals surface area contributed by atoms with Crippen molar-refractivity contribution in [2.24, 2.45) is 0 Å². The number of amides is 2. The van der Waals surface area contributed by atoms with Crippen molar-refractivity contribution in [2.45, 2.75) is 51.3 Å². The molecule has 0 radical (unpaired) electrons. The van der Waals surface area contributed by atoms with Gasteiger partial charge in [0, 0.05) is 12.0 Å². The molecule has 1 fully saturated rings. The number of nitrogens with zero attached hydrogens (tertiary/aromatic N) is 1. The molecule has 4 rings (SSSR count). The van der Waals surface area contributed by atoms with Gasteiger partial charge >= 0.3 is 12.0 Å². The fraction of sp³-hybridized carbons (Fsp3) is 0.364. The van der Waals surface area contributed by atoms with Crippen LogP contribution in [0.2, 0.25) is 0 Å². The Bertz CT molecular complexity index is 1030. The van der Waals surface area contributed by atoms with Crippen LogP contribution in [0.15, 0.2) is 36.4 Å². The average molecular weight is 396 g/mol. The number of carbonyl (C=O) groups excluding carboxylic acids is 1. The maximum Gasteiger partial charge on any atom is 0.335 e. The number of carboxylic acid groups (broad SMARTS) is 1. The van der Waals surface area contributed by atoms with E-state index in [4.69, 9.17) is 4.74 Å². The van der Waals surface area contributed by atoms with Crippen LogP contribution in [0.25, 0.3) is 0 Å². The molecule has 2 amide bonds. The van der Waals surface area contributed by atoms with E-state index in [1.807, 2.05) is 6.07 Å². The van der Waals surface area contributed by atoms with Crippen molar-refractivity contribution >= 4 is 17.7 Å². The number of rotatable bonds is 2. The fourth-order valence-electron chi connectivity index (χ4n) is 4.05. The van der Waals surface area contributed by atoms with Crippen molar-refractivity contribution in [3.05, 3.63) is 53.1 Å². The Morgan fingerprint density at radius 1 is 1.28 bits per heavy atom. The summed E-state index contributed by atoms with van der Waals surface area (Å²) in [5, 5.41) is 22.9. The minimum Gasteiger partial charge on any atom is -0.504 e. The third-order valence-electron chi connectivity index (χ3n) is 5.57. The van der Waals surface area contributed by atoms with E-state index in [0.29, 0.717) is 17.9 Å².